The lowest BCUT2D eigenvalue weighted by Gasteiger charge is -2.09. The molecule has 0 atom stereocenters. The topological polar surface area (TPSA) is 18.5 Å². The summed E-state index contributed by atoms with van der Waals surface area (Å²) in [5, 5.41) is 0. The summed E-state index contributed by atoms with van der Waals surface area (Å²) in [5.74, 6) is -4.59. The molecule has 2 nitrogen and oxygen atoms in total. The van der Waals surface area contributed by atoms with E-state index in [2.05, 4.69) is 9.47 Å². The lowest BCUT2D eigenvalue weighted by Crippen LogP contribution is -1.99. The highest BCUT2D eigenvalue weighted by Gasteiger charge is 2.19. The van der Waals surface area contributed by atoms with Crippen LogP contribution in [0.1, 0.15) is 0 Å². The second kappa shape index (κ2) is 3.55. The molecule has 0 heterocycles. The molecule has 0 spiro atoms. The second-order valence-corrected chi connectivity index (χ2v) is 2.22. The van der Waals surface area contributed by atoms with E-state index in [1.165, 1.54) is 0 Å². The van der Waals surface area contributed by atoms with Crippen molar-refractivity contribution in [3.05, 3.63) is 23.5 Å². The standard InChI is InChI=1S/C8H7F3O2/c1-12-7-5(10)3-4(9)6(11)8(7)13-2/h3H,1-2H3. The van der Waals surface area contributed by atoms with Crippen LogP contribution in [0.5, 0.6) is 11.5 Å². The molecule has 0 fully saturated rings. The number of rotatable bonds is 2. The van der Waals surface area contributed by atoms with E-state index in [9.17, 15) is 13.2 Å². The molecule has 1 rings (SSSR count). The molecule has 0 unspecified atom stereocenters. The number of ether oxygens (including phenoxy) is 2. The van der Waals surface area contributed by atoms with Gasteiger partial charge in [-0.25, -0.2) is 8.78 Å². The van der Waals surface area contributed by atoms with Crippen LogP contribution in [0.4, 0.5) is 13.2 Å². The predicted molar refractivity (Wildman–Crippen MR) is 39.4 cm³/mol. The van der Waals surface area contributed by atoms with Crippen molar-refractivity contribution in [2.45, 2.75) is 0 Å². The summed E-state index contributed by atoms with van der Waals surface area (Å²) in [7, 11) is 2.23. The zero-order valence-electron chi connectivity index (χ0n) is 7.03. The van der Waals surface area contributed by atoms with Gasteiger partial charge in [-0.1, -0.05) is 0 Å². The zero-order chi connectivity index (χ0) is 10.0. The molecule has 0 N–H and O–H groups in total. The number of benzene rings is 1. The first-order valence-electron chi connectivity index (χ1n) is 3.37. The van der Waals surface area contributed by atoms with Gasteiger partial charge in [-0.3, -0.25) is 0 Å². The molecule has 0 saturated carbocycles. The first-order chi connectivity index (χ1) is 6.11. The molecular formula is C8H7F3O2. The minimum absolute atomic E-state index is 0.399. The molecule has 0 aromatic heterocycles. The Hall–Kier alpha value is -1.39. The van der Waals surface area contributed by atoms with Crippen molar-refractivity contribution in [3.8, 4) is 11.5 Å². The summed E-state index contributed by atoms with van der Waals surface area (Å²) in [4.78, 5) is 0. The van der Waals surface area contributed by atoms with Gasteiger partial charge in [0.1, 0.15) is 0 Å². The van der Waals surface area contributed by atoms with E-state index in [1.54, 1.807) is 0 Å². The van der Waals surface area contributed by atoms with Crippen LogP contribution in [-0.4, -0.2) is 14.2 Å². The van der Waals surface area contributed by atoms with Gasteiger partial charge in [0.05, 0.1) is 14.2 Å². The van der Waals surface area contributed by atoms with E-state index in [-0.39, 0.29) is 0 Å². The van der Waals surface area contributed by atoms with Crippen LogP contribution < -0.4 is 9.47 Å². The summed E-state index contributed by atoms with van der Waals surface area (Å²) < 4.78 is 47.3. The quantitative estimate of drug-likeness (QED) is 0.668. The van der Waals surface area contributed by atoms with E-state index < -0.39 is 29.0 Å². The van der Waals surface area contributed by atoms with Gasteiger partial charge in [-0.15, -0.1) is 0 Å². The summed E-state index contributed by atoms with van der Waals surface area (Å²) >= 11 is 0. The van der Waals surface area contributed by atoms with Gasteiger partial charge >= 0.3 is 0 Å². The summed E-state index contributed by atoms with van der Waals surface area (Å²) in [5.41, 5.74) is 0. The Morgan fingerprint density at radius 1 is 0.923 bits per heavy atom. The largest absolute Gasteiger partial charge is 0.490 e. The lowest BCUT2D eigenvalue weighted by molar-refractivity contribution is 0.312. The molecule has 1 aromatic carbocycles. The molecule has 0 bridgehead atoms. The van der Waals surface area contributed by atoms with Gasteiger partial charge in [0, 0.05) is 6.07 Å². The van der Waals surface area contributed by atoms with Crippen LogP contribution in [0.15, 0.2) is 6.07 Å². The first-order valence-corrected chi connectivity index (χ1v) is 3.37. The van der Waals surface area contributed by atoms with Gasteiger partial charge < -0.3 is 9.47 Å². The van der Waals surface area contributed by atoms with Crippen molar-refractivity contribution >= 4 is 0 Å². The maximum absolute atomic E-state index is 12.9. The first kappa shape index (κ1) is 9.70. The third kappa shape index (κ3) is 1.54. The number of hydrogen-bond donors (Lipinski definition) is 0. The highest BCUT2D eigenvalue weighted by atomic mass is 19.2. The number of hydrogen-bond acceptors (Lipinski definition) is 2. The Kier molecular flexibility index (Phi) is 2.65. The van der Waals surface area contributed by atoms with E-state index >= 15 is 0 Å². The molecule has 72 valence electrons. The Morgan fingerprint density at radius 2 is 1.46 bits per heavy atom. The van der Waals surface area contributed by atoms with Crippen LogP contribution in [0.3, 0.4) is 0 Å². The van der Waals surface area contributed by atoms with Crippen molar-refractivity contribution in [3.63, 3.8) is 0 Å². The van der Waals surface area contributed by atoms with Crippen molar-refractivity contribution in [2.24, 2.45) is 0 Å². The third-order valence-corrected chi connectivity index (χ3v) is 1.49. The summed E-state index contributed by atoms with van der Waals surface area (Å²) in [6, 6.07) is 0.399. The van der Waals surface area contributed by atoms with Crippen LogP contribution in [0, 0.1) is 17.5 Å². The number of halogens is 3. The Balaban J connectivity index is 3.41. The van der Waals surface area contributed by atoms with Crippen LogP contribution >= 0.6 is 0 Å². The van der Waals surface area contributed by atoms with E-state index in [0.717, 1.165) is 14.2 Å². The third-order valence-electron chi connectivity index (χ3n) is 1.49. The minimum Gasteiger partial charge on any atom is -0.490 e. The van der Waals surface area contributed by atoms with E-state index in [1.807, 2.05) is 0 Å². The van der Waals surface area contributed by atoms with Crippen molar-refractivity contribution < 1.29 is 22.6 Å². The molecule has 13 heavy (non-hydrogen) atoms. The van der Waals surface area contributed by atoms with Crippen LogP contribution in [0.2, 0.25) is 0 Å². The highest BCUT2D eigenvalue weighted by Crippen LogP contribution is 2.34. The molecule has 0 aliphatic carbocycles. The lowest BCUT2D eigenvalue weighted by atomic mass is 10.3. The smallest absolute Gasteiger partial charge is 0.204 e. The predicted octanol–water partition coefficient (Wildman–Crippen LogP) is 2.12. The maximum Gasteiger partial charge on any atom is 0.204 e. The fourth-order valence-electron chi connectivity index (χ4n) is 0.929. The molecule has 5 heteroatoms. The second-order valence-electron chi connectivity index (χ2n) is 2.22. The fraction of sp³-hybridized carbons (Fsp3) is 0.250. The fourth-order valence-corrected chi connectivity index (χ4v) is 0.929. The van der Waals surface area contributed by atoms with E-state index in [0.29, 0.717) is 6.07 Å². The van der Waals surface area contributed by atoms with Gasteiger partial charge in [-0.2, -0.15) is 4.39 Å². The van der Waals surface area contributed by atoms with E-state index in [4.69, 9.17) is 0 Å². The molecule has 0 radical (unpaired) electrons. The SMILES string of the molecule is COc1c(F)cc(F)c(F)c1OC. The number of methoxy groups -OCH3 is 2. The molecule has 0 amide bonds. The minimum atomic E-state index is -1.31. The Labute approximate surface area is 72.9 Å². The van der Waals surface area contributed by atoms with Gasteiger partial charge in [0.2, 0.25) is 11.6 Å². The van der Waals surface area contributed by atoms with Crippen molar-refractivity contribution in [2.75, 3.05) is 14.2 Å². The summed E-state index contributed by atoms with van der Waals surface area (Å²) in [6.07, 6.45) is 0. The van der Waals surface area contributed by atoms with Crippen molar-refractivity contribution in [1.82, 2.24) is 0 Å². The average Bonchev–Trinajstić information content (AvgIpc) is 2.10. The molecule has 1 aromatic rings. The molecule has 0 aliphatic rings. The van der Waals surface area contributed by atoms with Gasteiger partial charge in [0.15, 0.2) is 17.4 Å². The maximum atomic E-state index is 12.9. The summed E-state index contributed by atoms with van der Waals surface area (Å²) in [6.45, 7) is 0. The zero-order valence-corrected chi connectivity index (χ0v) is 7.03. The Morgan fingerprint density at radius 3 is 1.92 bits per heavy atom. The van der Waals surface area contributed by atoms with Crippen LogP contribution in [-0.2, 0) is 0 Å². The molecule has 0 saturated heterocycles. The van der Waals surface area contributed by atoms with Crippen LogP contribution in [0.25, 0.3) is 0 Å². The molecule has 0 aliphatic heterocycles. The molecular weight excluding hydrogens is 185 g/mol. The Bertz CT molecular complexity index is 326. The van der Waals surface area contributed by atoms with Crippen molar-refractivity contribution in [1.29, 1.82) is 0 Å². The monoisotopic (exact) mass is 192 g/mol. The average molecular weight is 192 g/mol. The van der Waals surface area contributed by atoms with Gasteiger partial charge in [-0.05, 0) is 0 Å². The highest BCUT2D eigenvalue weighted by molar-refractivity contribution is 5.42. The normalized spacial score (nSPS) is 9.92. The van der Waals surface area contributed by atoms with Gasteiger partial charge in [0.25, 0.3) is 0 Å².